The maximum atomic E-state index is 11.8. The van der Waals surface area contributed by atoms with E-state index < -0.39 is 0 Å². The molecule has 0 aliphatic carbocycles. The van der Waals surface area contributed by atoms with E-state index in [2.05, 4.69) is 15.0 Å². The van der Waals surface area contributed by atoms with Crippen molar-refractivity contribution in [3.05, 3.63) is 56.0 Å². The Balaban J connectivity index is 2.02. The smallest absolute Gasteiger partial charge is 0.259 e. The van der Waals surface area contributed by atoms with Crippen molar-refractivity contribution < 1.29 is 0 Å². The van der Waals surface area contributed by atoms with Gasteiger partial charge < -0.3 is 4.98 Å². The van der Waals surface area contributed by atoms with Crippen LogP contribution in [0.4, 0.5) is 0 Å². The number of aromatic nitrogens is 3. The van der Waals surface area contributed by atoms with Crippen LogP contribution in [-0.4, -0.2) is 15.0 Å². The minimum Gasteiger partial charge on any atom is -0.306 e. The van der Waals surface area contributed by atoms with E-state index in [-0.39, 0.29) is 5.56 Å². The lowest BCUT2D eigenvalue weighted by Gasteiger charge is -1.97. The van der Waals surface area contributed by atoms with Gasteiger partial charge in [-0.2, -0.15) is 0 Å². The fourth-order valence-corrected chi connectivity index (χ4v) is 2.63. The van der Waals surface area contributed by atoms with Gasteiger partial charge in [-0.05, 0) is 30.4 Å². The quantitative estimate of drug-likeness (QED) is 0.788. The van der Waals surface area contributed by atoms with Crippen LogP contribution in [0.5, 0.6) is 0 Å². The highest BCUT2D eigenvalue weighted by Crippen LogP contribution is 2.22. The summed E-state index contributed by atoms with van der Waals surface area (Å²) in [5.41, 5.74) is 0.409. The molecule has 0 spiro atoms. The van der Waals surface area contributed by atoms with Crippen molar-refractivity contribution in [2.75, 3.05) is 0 Å². The van der Waals surface area contributed by atoms with E-state index in [0.29, 0.717) is 16.7 Å². The maximum Gasteiger partial charge on any atom is 0.259 e. The summed E-state index contributed by atoms with van der Waals surface area (Å²) in [5.74, 6) is 0.495. The molecule has 19 heavy (non-hydrogen) atoms. The molecular formula is C13H8ClN3OS. The molecule has 0 fully saturated rings. The third kappa shape index (κ3) is 2.57. The zero-order valence-corrected chi connectivity index (χ0v) is 11.2. The molecule has 0 amide bonds. The van der Waals surface area contributed by atoms with Crippen LogP contribution in [0.1, 0.15) is 10.7 Å². The third-order valence-electron chi connectivity index (χ3n) is 2.53. The first-order valence-corrected chi connectivity index (χ1v) is 6.69. The van der Waals surface area contributed by atoms with E-state index in [1.807, 2.05) is 18.2 Å². The zero-order valence-electron chi connectivity index (χ0n) is 9.63. The minimum atomic E-state index is -0.170. The molecular weight excluding hydrogens is 282 g/mol. The number of hydrogen-bond acceptors (Lipinski definition) is 4. The monoisotopic (exact) mass is 289 g/mol. The van der Waals surface area contributed by atoms with E-state index in [4.69, 9.17) is 11.6 Å². The molecule has 6 heteroatoms. The van der Waals surface area contributed by atoms with Crippen LogP contribution in [0, 0.1) is 0 Å². The van der Waals surface area contributed by atoms with Crippen molar-refractivity contribution in [1.82, 2.24) is 15.0 Å². The molecule has 0 saturated heterocycles. The summed E-state index contributed by atoms with van der Waals surface area (Å²) in [6.45, 7) is 0. The number of fused-ring (bicyclic) bond motifs is 1. The molecule has 94 valence electrons. The van der Waals surface area contributed by atoms with Crippen molar-refractivity contribution in [2.45, 2.75) is 0 Å². The van der Waals surface area contributed by atoms with Crippen LogP contribution >= 0.6 is 22.9 Å². The number of rotatable bonds is 2. The molecule has 3 heterocycles. The van der Waals surface area contributed by atoms with Crippen LogP contribution in [0.2, 0.25) is 4.34 Å². The van der Waals surface area contributed by atoms with Gasteiger partial charge in [-0.25, -0.2) is 4.98 Å². The molecule has 0 unspecified atom stereocenters. The van der Waals surface area contributed by atoms with Gasteiger partial charge in [0.2, 0.25) is 0 Å². The Labute approximate surface area is 117 Å². The summed E-state index contributed by atoms with van der Waals surface area (Å²) in [6, 6.07) is 5.38. The van der Waals surface area contributed by atoms with Crippen LogP contribution in [0.15, 0.2) is 35.4 Å². The average Bonchev–Trinajstić information content (AvgIpc) is 2.82. The molecule has 0 atom stereocenters. The van der Waals surface area contributed by atoms with Gasteiger partial charge in [0, 0.05) is 11.1 Å². The van der Waals surface area contributed by atoms with Crippen molar-refractivity contribution in [1.29, 1.82) is 0 Å². The molecule has 0 aromatic carbocycles. The summed E-state index contributed by atoms with van der Waals surface area (Å²) in [7, 11) is 0. The third-order valence-corrected chi connectivity index (χ3v) is 3.72. The number of H-pyrrole nitrogens is 1. The second-order valence-electron chi connectivity index (χ2n) is 3.82. The molecule has 3 aromatic heterocycles. The summed E-state index contributed by atoms with van der Waals surface area (Å²) in [4.78, 5) is 23.8. The normalized spacial score (nSPS) is 11.4. The molecule has 0 bridgehead atoms. The topological polar surface area (TPSA) is 58.6 Å². The zero-order chi connectivity index (χ0) is 13.2. The van der Waals surface area contributed by atoms with Gasteiger partial charge in [0.05, 0.1) is 21.4 Å². The van der Waals surface area contributed by atoms with Crippen molar-refractivity contribution >= 4 is 46.0 Å². The lowest BCUT2D eigenvalue weighted by Crippen LogP contribution is -2.09. The number of nitrogens with one attached hydrogen (secondary N) is 1. The van der Waals surface area contributed by atoms with Gasteiger partial charge in [0.15, 0.2) is 0 Å². The standard InChI is InChI=1S/C13H8ClN3OS/c14-11-3-1-8(19-11)2-4-12-16-10-7-15-6-5-9(10)13(18)17-12/h1-7H,(H,16,17,18). The second-order valence-corrected chi connectivity index (χ2v) is 5.57. The van der Waals surface area contributed by atoms with Crippen molar-refractivity contribution in [3.8, 4) is 0 Å². The van der Waals surface area contributed by atoms with Crippen LogP contribution in [-0.2, 0) is 0 Å². The van der Waals surface area contributed by atoms with Gasteiger partial charge in [0.25, 0.3) is 5.56 Å². The van der Waals surface area contributed by atoms with Crippen molar-refractivity contribution in [2.24, 2.45) is 0 Å². The highest BCUT2D eigenvalue weighted by atomic mass is 35.5. The SMILES string of the molecule is O=c1[nH]c(C=Cc2ccc(Cl)s2)nc2cnccc12. The number of thiophene rings is 1. The summed E-state index contributed by atoms with van der Waals surface area (Å²) < 4.78 is 0.726. The highest BCUT2D eigenvalue weighted by Gasteiger charge is 2.01. The highest BCUT2D eigenvalue weighted by molar-refractivity contribution is 7.17. The Hall–Kier alpha value is -1.98. The fraction of sp³-hybridized carbons (Fsp3) is 0. The average molecular weight is 290 g/mol. The number of pyridine rings is 1. The first-order chi connectivity index (χ1) is 9.22. The van der Waals surface area contributed by atoms with E-state index in [1.54, 1.807) is 24.5 Å². The van der Waals surface area contributed by atoms with Crippen LogP contribution in [0.25, 0.3) is 23.1 Å². The van der Waals surface area contributed by atoms with Crippen LogP contribution < -0.4 is 5.56 Å². The molecule has 3 rings (SSSR count). The summed E-state index contributed by atoms with van der Waals surface area (Å²) >= 11 is 7.31. The molecule has 0 aliphatic heterocycles. The largest absolute Gasteiger partial charge is 0.306 e. The van der Waals surface area contributed by atoms with Crippen LogP contribution in [0.3, 0.4) is 0 Å². The van der Waals surface area contributed by atoms with Gasteiger partial charge in [-0.1, -0.05) is 11.6 Å². The predicted molar refractivity (Wildman–Crippen MR) is 78.4 cm³/mol. The maximum absolute atomic E-state index is 11.8. The van der Waals surface area contributed by atoms with Crippen molar-refractivity contribution in [3.63, 3.8) is 0 Å². The Morgan fingerprint density at radius 3 is 2.95 bits per heavy atom. The summed E-state index contributed by atoms with van der Waals surface area (Å²) in [6.07, 6.45) is 6.75. The Bertz CT molecular complexity index is 822. The predicted octanol–water partition coefficient (Wildman–Crippen LogP) is 3.20. The first kappa shape index (κ1) is 12.1. The molecule has 0 saturated carbocycles. The number of hydrogen-bond donors (Lipinski definition) is 1. The fourth-order valence-electron chi connectivity index (χ4n) is 1.67. The molecule has 3 aromatic rings. The number of aromatic amines is 1. The molecule has 0 radical (unpaired) electrons. The Morgan fingerprint density at radius 2 is 2.16 bits per heavy atom. The van der Waals surface area contributed by atoms with Gasteiger partial charge in [-0.3, -0.25) is 9.78 Å². The lowest BCUT2D eigenvalue weighted by molar-refractivity contribution is 1.13. The molecule has 4 nitrogen and oxygen atoms in total. The van der Waals surface area contributed by atoms with E-state index in [1.165, 1.54) is 11.3 Å². The Morgan fingerprint density at radius 1 is 1.26 bits per heavy atom. The first-order valence-electron chi connectivity index (χ1n) is 5.50. The van der Waals surface area contributed by atoms with E-state index in [9.17, 15) is 4.79 Å². The number of halogens is 1. The minimum absolute atomic E-state index is 0.170. The van der Waals surface area contributed by atoms with E-state index >= 15 is 0 Å². The lowest BCUT2D eigenvalue weighted by atomic mass is 10.3. The molecule has 0 aliphatic rings. The Kier molecular flexibility index (Phi) is 3.15. The number of nitrogens with zero attached hydrogens (tertiary/aromatic N) is 2. The van der Waals surface area contributed by atoms with Gasteiger partial charge >= 0.3 is 0 Å². The molecule has 1 N–H and O–H groups in total. The van der Waals surface area contributed by atoms with Gasteiger partial charge in [-0.15, -0.1) is 11.3 Å². The second kappa shape index (κ2) is 4.95. The van der Waals surface area contributed by atoms with E-state index in [0.717, 1.165) is 9.21 Å². The summed E-state index contributed by atoms with van der Waals surface area (Å²) in [5, 5.41) is 0.534. The van der Waals surface area contributed by atoms with Gasteiger partial charge in [0.1, 0.15) is 5.82 Å².